The van der Waals surface area contributed by atoms with Crippen LogP contribution in [0.5, 0.6) is 0 Å². The van der Waals surface area contributed by atoms with Crippen molar-refractivity contribution in [3.63, 3.8) is 0 Å². The molecule has 0 radical (unpaired) electrons. The fraction of sp³-hybridized carbons (Fsp3) is 0.294. The van der Waals surface area contributed by atoms with Crippen LogP contribution in [0.4, 0.5) is 16.0 Å². The topological polar surface area (TPSA) is 104 Å². The minimum absolute atomic E-state index is 0.176. The van der Waals surface area contributed by atoms with Crippen LogP contribution in [0.25, 0.3) is 0 Å². The number of nitro groups is 1. The molecule has 0 bridgehead atoms. The highest BCUT2D eigenvalue weighted by molar-refractivity contribution is 5.81. The Balaban J connectivity index is 1.41. The quantitative estimate of drug-likeness (QED) is 0.467. The number of hydrazone groups is 1. The summed E-state index contributed by atoms with van der Waals surface area (Å²) in [5.41, 5.74) is 3.33. The van der Waals surface area contributed by atoms with Gasteiger partial charge in [0.05, 0.1) is 18.8 Å². The van der Waals surface area contributed by atoms with Gasteiger partial charge < -0.3 is 9.32 Å². The Morgan fingerprint density at radius 2 is 1.93 bits per heavy atom. The molecule has 1 aromatic carbocycles. The van der Waals surface area contributed by atoms with Crippen molar-refractivity contribution >= 4 is 23.7 Å². The van der Waals surface area contributed by atoms with Crippen LogP contribution >= 0.6 is 0 Å². The summed E-state index contributed by atoms with van der Waals surface area (Å²) < 4.78 is 17.9. The molecule has 0 atom stereocenters. The van der Waals surface area contributed by atoms with E-state index < -0.39 is 4.92 Å². The smallest absolute Gasteiger partial charge is 0.400 e. The van der Waals surface area contributed by atoms with E-state index in [0.717, 1.165) is 18.8 Å². The van der Waals surface area contributed by atoms with E-state index in [1.54, 1.807) is 12.1 Å². The van der Waals surface area contributed by atoms with Gasteiger partial charge in [-0.25, -0.2) is 9.82 Å². The summed E-state index contributed by atoms with van der Waals surface area (Å²) in [5.74, 6) is -0.766. The molecule has 10 heteroatoms. The van der Waals surface area contributed by atoms with Crippen molar-refractivity contribution in [2.24, 2.45) is 5.10 Å². The fourth-order valence-electron chi connectivity index (χ4n) is 2.73. The number of halogens is 1. The number of benzene rings is 1. The maximum atomic E-state index is 13.0. The SMILES string of the molecule is O=C(CN1CCN(c2ccc(F)cc2)CC1)N/N=C/c1ccc([N+](=O)[O-])o1. The summed E-state index contributed by atoms with van der Waals surface area (Å²) in [6.07, 6.45) is 1.21. The van der Waals surface area contributed by atoms with E-state index in [9.17, 15) is 19.3 Å². The summed E-state index contributed by atoms with van der Waals surface area (Å²) >= 11 is 0. The van der Waals surface area contributed by atoms with Crippen molar-refractivity contribution in [1.82, 2.24) is 10.3 Å². The van der Waals surface area contributed by atoms with E-state index in [4.69, 9.17) is 4.42 Å². The normalized spacial score (nSPS) is 15.2. The molecule has 3 rings (SSSR count). The molecule has 0 saturated carbocycles. The lowest BCUT2D eigenvalue weighted by atomic mass is 10.2. The zero-order valence-electron chi connectivity index (χ0n) is 14.4. The van der Waals surface area contributed by atoms with Gasteiger partial charge in [-0.3, -0.25) is 19.8 Å². The second kappa shape index (κ2) is 8.41. The molecule has 1 aliphatic heterocycles. The van der Waals surface area contributed by atoms with Gasteiger partial charge in [0.2, 0.25) is 0 Å². The molecule has 2 aromatic rings. The minimum Gasteiger partial charge on any atom is -0.400 e. The van der Waals surface area contributed by atoms with Crippen LogP contribution in [0.1, 0.15) is 5.76 Å². The maximum Gasteiger partial charge on any atom is 0.433 e. The molecule has 142 valence electrons. The molecule has 0 spiro atoms. The van der Waals surface area contributed by atoms with E-state index in [0.29, 0.717) is 13.1 Å². The Morgan fingerprint density at radius 3 is 2.56 bits per heavy atom. The summed E-state index contributed by atoms with van der Waals surface area (Å²) in [4.78, 5) is 25.9. The second-order valence-corrected chi connectivity index (χ2v) is 5.97. The number of carbonyl (C=O) groups excluding carboxylic acids is 1. The minimum atomic E-state index is -0.651. The standard InChI is InChI=1S/C17H18FN5O4/c18-13-1-3-14(4-2-13)22-9-7-21(8-10-22)12-16(24)20-19-11-15-5-6-17(27-15)23(25)26/h1-6,11H,7-10,12H2,(H,20,24)/b19-11+. The molecule has 0 unspecified atom stereocenters. The Hall–Kier alpha value is -3.27. The number of furan rings is 1. The average Bonchev–Trinajstić information content (AvgIpc) is 3.12. The molecular formula is C17H18FN5O4. The predicted octanol–water partition coefficient (Wildman–Crippen LogP) is 1.60. The van der Waals surface area contributed by atoms with Gasteiger partial charge in [0, 0.05) is 31.9 Å². The highest BCUT2D eigenvalue weighted by Gasteiger charge is 2.19. The third kappa shape index (κ3) is 5.11. The van der Waals surface area contributed by atoms with Crippen LogP contribution in [0.3, 0.4) is 0 Å². The van der Waals surface area contributed by atoms with E-state index in [1.165, 1.54) is 30.5 Å². The van der Waals surface area contributed by atoms with Gasteiger partial charge in [-0.1, -0.05) is 0 Å². The predicted molar refractivity (Wildman–Crippen MR) is 96.2 cm³/mol. The number of hydrogen-bond donors (Lipinski definition) is 1. The molecule has 1 aromatic heterocycles. The van der Waals surface area contributed by atoms with Crippen LogP contribution in [0, 0.1) is 15.9 Å². The number of nitrogens with zero attached hydrogens (tertiary/aromatic N) is 4. The zero-order valence-corrected chi connectivity index (χ0v) is 14.4. The van der Waals surface area contributed by atoms with Crippen LogP contribution in [-0.2, 0) is 4.79 Å². The van der Waals surface area contributed by atoms with Crippen LogP contribution in [-0.4, -0.2) is 54.7 Å². The van der Waals surface area contributed by atoms with Crippen LogP contribution < -0.4 is 10.3 Å². The first-order valence-corrected chi connectivity index (χ1v) is 8.30. The second-order valence-electron chi connectivity index (χ2n) is 5.97. The van der Waals surface area contributed by atoms with Crippen molar-refractivity contribution in [3.8, 4) is 0 Å². The number of hydrogen-bond acceptors (Lipinski definition) is 7. The Morgan fingerprint density at radius 1 is 1.22 bits per heavy atom. The van der Waals surface area contributed by atoms with E-state index >= 15 is 0 Å². The maximum absolute atomic E-state index is 13.0. The Bertz CT molecular complexity index is 828. The third-order valence-corrected chi connectivity index (χ3v) is 4.10. The van der Waals surface area contributed by atoms with Crippen molar-refractivity contribution in [2.75, 3.05) is 37.6 Å². The van der Waals surface area contributed by atoms with E-state index in [2.05, 4.69) is 15.4 Å². The molecule has 1 aliphatic rings. The summed E-state index contributed by atoms with van der Waals surface area (Å²) in [7, 11) is 0. The first-order valence-electron chi connectivity index (χ1n) is 8.30. The van der Waals surface area contributed by atoms with Crippen molar-refractivity contribution < 1.29 is 18.5 Å². The molecular weight excluding hydrogens is 357 g/mol. The number of nitrogens with one attached hydrogen (secondary N) is 1. The van der Waals surface area contributed by atoms with Crippen molar-refractivity contribution in [2.45, 2.75) is 0 Å². The number of amides is 1. The molecule has 9 nitrogen and oxygen atoms in total. The van der Waals surface area contributed by atoms with Crippen LogP contribution in [0.15, 0.2) is 45.9 Å². The van der Waals surface area contributed by atoms with Crippen molar-refractivity contribution in [1.29, 1.82) is 0 Å². The van der Waals surface area contributed by atoms with Gasteiger partial charge in [-0.15, -0.1) is 0 Å². The summed E-state index contributed by atoms with van der Waals surface area (Å²) in [6, 6.07) is 8.95. The molecule has 1 N–H and O–H groups in total. The third-order valence-electron chi connectivity index (χ3n) is 4.10. The number of rotatable bonds is 6. The van der Waals surface area contributed by atoms with Gasteiger partial charge in [0.25, 0.3) is 5.91 Å². The molecule has 1 fully saturated rings. The Labute approximate surface area is 154 Å². The highest BCUT2D eigenvalue weighted by Crippen LogP contribution is 2.17. The van der Waals surface area contributed by atoms with Gasteiger partial charge in [-0.05, 0) is 30.3 Å². The van der Waals surface area contributed by atoms with Gasteiger partial charge in [0.1, 0.15) is 10.7 Å². The first-order chi connectivity index (χ1) is 13.0. The monoisotopic (exact) mass is 375 g/mol. The average molecular weight is 375 g/mol. The summed E-state index contributed by atoms with van der Waals surface area (Å²) in [5, 5.41) is 14.3. The first kappa shape index (κ1) is 18.5. The Kier molecular flexibility index (Phi) is 5.77. The van der Waals surface area contributed by atoms with Gasteiger partial charge in [0.15, 0.2) is 5.76 Å². The lowest BCUT2D eigenvalue weighted by Gasteiger charge is -2.35. The van der Waals surface area contributed by atoms with Crippen LogP contribution in [0.2, 0.25) is 0 Å². The van der Waals surface area contributed by atoms with Crippen molar-refractivity contribution in [3.05, 3.63) is 58.1 Å². The molecule has 27 heavy (non-hydrogen) atoms. The lowest BCUT2D eigenvalue weighted by Crippen LogP contribution is -2.49. The van der Waals surface area contributed by atoms with E-state index in [-0.39, 0.29) is 29.9 Å². The molecule has 2 heterocycles. The van der Waals surface area contributed by atoms with Gasteiger partial charge >= 0.3 is 5.88 Å². The zero-order chi connectivity index (χ0) is 19.2. The fourth-order valence-corrected chi connectivity index (χ4v) is 2.73. The lowest BCUT2D eigenvalue weighted by molar-refractivity contribution is -0.402. The number of piperazine rings is 1. The number of anilines is 1. The largest absolute Gasteiger partial charge is 0.433 e. The number of carbonyl (C=O) groups is 1. The van der Waals surface area contributed by atoms with E-state index in [1.807, 2.05) is 4.90 Å². The van der Waals surface area contributed by atoms with Gasteiger partial charge in [-0.2, -0.15) is 5.10 Å². The molecule has 1 saturated heterocycles. The molecule has 0 aliphatic carbocycles. The molecule has 1 amide bonds. The summed E-state index contributed by atoms with van der Waals surface area (Å²) in [6.45, 7) is 3.04. The highest BCUT2D eigenvalue weighted by atomic mass is 19.1.